The minimum absolute atomic E-state index is 0.0173. The monoisotopic (exact) mass is 305 g/mol. The van der Waals surface area contributed by atoms with Crippen LogP contribution in [0, 0.1) is 6.92 Å². The highest BCUT2D eigenvalue weighted by atomic mass is 32.2. The van der Waals surface area contributed by atoms with Crippen LogP contribution in [0.4, 0.5) is 5.69 Å². The van der Waals surface area contributed by atoms with Gasteiger partial charge < -0.3 is 15.4 Å². The average molecular weight is 305 g/mol. The second kappa shape index (κ2) is 6.45. The lowest BCUT2D eigenvalue weighted by molar-refractivity contribution is 0.102. The third-order valence-corrected chi connectivity index (χ3v) is 3.27. The first kappa shape index (κ1) is 15.1. The number of benzene rings is 1. The fourth-order valence-corrected chi connectivity index (χ4v) is 2.18. The molecule has 110 valence electrons. The van der Waals surface area contributed by atoms with Crippen LogP contribution < -0.4 is 10.9 Å². The van der Waals surface area contributed by atoms with E-state index >= 15 is 0 Å². The van der Waals surface area contributed by atoms with Crippen LogP contribution in [0.15, 0.2) is 29.1 Å². The molecule has 1 aromatic heterocycles. The van der Waals surface area contributed by atoms with Crippen molar-refractivity contribution >= 4 is 23.4 Å². The van der Waals surface area contributed by atoms with Gasteiger partial charge in [0.05, 0.1) is 11.4 Å². The number of anilines is 1. The summed E-state index contributed by atoms with van der Waals surface area (Å²) in [5.74, 6) is 0.368. The van der Waals surface area contributed by atoms with Gasteiger partial charge in [-0.1, -0.05) is 6.07 Å². The number of hydrogen-bond acceptors (Lipinski definition) is 5. The van der Waals surface area contributed by atoms with E-state index < -0.39 is 5.91 Å². The van der Waals surface area contributed by atoms with Crippen molar-refractivity contribution in [3.8, 4) is 5.75 Å². The second-order valence-electron chi connectivity index (χ2n) is 4.49. The molecule has 0 aliphatic heterocycles. The number of phenolic OH excluding ortho intramolecular Hbond substituents is 1. The van der Waals surface area contributed by atoms with Crippen LogP contribution in [-0.2, 0) is 5.75 Å². The van der Waals surface area contributed by atoms with Crippen molar-refractivity contribution in [2.75, 3.05) is 11.6 Å². The predicted octanol–water partition coefficient (Wildman–Crippen LogP) is 1.90. The molecule has 1 amide bonds. The summed E-state index contributed by atoms with van der Waals surface area (Å²) in [6.45, 7) is 1.84. The van der Waals surface area contributed by atoms with Crippen LogP contribution in [0.1, 0.15) is 21.9 Å². The zero-order chi connectivity index (χ0) is 15.4. The molecular weight excluding hydrogens is 290 g/mol. The van der Waals surface area contributed by atoms with E-state index in [1.165, 1.54) is 17.8 Å². The summed E-state index contributed by atoms with van der Waals surface area (Å²) in [6.07, 6.45) is 1.87. The van der Waals surface area contributed by atoms with Gasteiger partial charge in [-0.25, -0.2) is 4.98 Å². The SMILES string of the molecule is CSCc1nc(C(=O)Nc2cc(C)ccc2O)cc(=O)[nH]1. The molecule has 21 heavy (non-hydrogen) atoms. The Labute approximate surface area is 125 Å². The molecule has 0 bridgehead atoms. The summed E-state index contributed by atoms with van der Waals surface area (Å²) in [7, 11) is 0. The highest BCUT2D eigenvalue weighted by Gasteiger charge is 2.12. The molecule has 0 radical (unpaired) electrons. The Morgan fingerprint density at radius 3 is 2.90 bits per heavy atom. The van der Waals surface area contributed by atoms with E-state index in [1.54, 1.807) is 12.1 Å². The number of phenols is 1. The van der Waals surface area contributed by atoms with Crippen LogP contribution in [0.25, 0.3) is 0 Å². The van der Waals surface area contributed by atoms with Gasteiger partial charge in [0.2, 0.25) is 0 Å². The van der Waals surface area contributed by atoms with E-state index in [9.17, 15) is 14.7 Å². The minimum atomic E-state index is -0.538. The van der Waals surface area contributed by atoms with Crippen molar-refractivity contribution in [2.24, 2.45) is 0 Å². The number of H-pyrrole nitrogens is 1. The number of carbonyl (C=O) groups is 1. The number of hydrogen-bond donors (Lipinski definition) is 3. The molecule has 2 aromatic rings. The van der Waals surface area contributed by atoms with E-state index in [2.05, 4.69) is 15.3 Å². The van der Waals surface area contributed by atoms with Gasteiger partial charge in [0, 0.05) is 6.07 Å². The summed E-state index contributed by atoms with van der Waals surface area (Å²) in [5.41, 5.74) is 0.815. The maximum absolute atomic E-state index is 12.1. The van der Waals surface area contributed by atoms with Crippen molar-refractivity contribution in [3.05, 3.63) is 51.7 Å². The second-order valence-corrected chi connectivity index (χ2v) is 5.35. The molecule has 1 aromatic carbocycles. The molecule has 2 rings (SSSR count). The van der Waals surface area contributed by atoms with E-state index in [-0.39, 0.29) is 22.7 Å². The molecule has 0 saturated carbocycles. The van der Waals surface area contributed by atoms with Gasteiger partial charge in [-0.15, -0.1) is 0 Å². The summed E-state index contributed by atoms with van der Waals surface area (Å²) in [6, 6.07) is 6.00. The topological polar surface area (TPSA) is 95.1 Å². The number of aromatic hydroxyl groups is 1. The molecule has 0 aliphatic rings. The van der Waals surface area contributed by atoms with E-state index in [4.69, 9.17) is 0 Å². The molecular formula is C14H15N3O3S. The Hall–Kier alpha value is -2.28. The molecule has 0 fully saturated rings. The Morgan fingerprint density at radius 2 is 2.19 bits per heavy atom. The molecule has 0 spiro atoms. The summed E-state index contributed by atoms with van der Waals surface area (Å²) >= 11 is 1.49. The number of aryl methyl sites for hydroxylation is 1. The van der Waals surface area contributed by atoms with Gasteiger partial charge in [0.15, 0.2) is 0 Å². The molecule has 3 N–H and O–H groups in total. The molecule has 0 unspecified atom stereocenters. The molecule has 1 heterocycles. The van der Waals surface area contributed by atoms with E-state index in [0.29, 0.717) is 11.6 Å². The third-order valence-electron chi connectivity index (χ3n) is 2.70. The molecule has 0 aliphatic carbocycles. The zero-order valence-corrected chi connectivity index (χ0v) is 12.5. The van der Waals surface area contributed by atoms with Gasteiger partial charge in [-0.2, -0.15) is 11.8 Å². The van der Waals surface area contributed by atoms with Crippen molar-refractivity contribution in [2.45, 2.75) is 12.7 Å². The van der Waals surface area contributed by atoms with Gasteiger partial charge in [-0.3, -0.25) is 9.59 Å². The first-order valence-electron chi connectivity index (χ1n) is 6.19. The van der Waals surface area contributed by atoms with Gasteiger partial charge >= 0.3 is 0 Å². The van der Waals surface area contributed by atoms with Crippen LogP contribution in [0.3, 0.4) is 0 Å². The number of rotatable bonds is 4. The number of thioether (sulfide) groups is 1. The van der Waals surface area contributed by atoms with Crippen LogP contribution in [0.5, 0.6) is 5.75 Å². The quantitative estimate of drug-likeness (QED) is 0.750. The number of amides is 1. The lowest BCUT2D eigenvalue weighted by Gasteiger charge is -2.08. The standard InChI is InChI=1S/C14H15N3O3S/c1-8-3-4-11(18)9(5-8)16-14(20)10-6-13(19)17-12(15-10)7-21-2/h3-6,18H,7H2,1-2H3,(H,16,20)(H,15,17,19). The molecule has 0 atom stereocenters. The van der Waals surface area contributed by atoms with Crippen molar-refractivity contribution < 1.29 is 9.90 Å². The normalized spacial score (nSPS) is 10.4. The Bertz CT molecular complexity index is 728. The summed E-state index contributed by atoms with van der Waals surface area (Å²) in [4.78, 5) is 30.3. The Morgan fingerprint density at radius 1 is 1.43 bits per heavy atom. The van der Waals surface area contributed by atoms with Crippen molar-refractivity contribution in [1.29, 1.82) is 0 Å². The van der Waals surface area contributed by atoms with Gasteiger partial charge in [-0.05, 0) is 30.9 Å². The summed E-state index contributed by atoms with van der Waals surface area (Å²) in [5, 5.41) is 12.3. The Kier molecular flexibility index (Phi) is 4.64. The molecule has 6 nitrogen and oxygen atoms in total. The molecule has 0 saturated heterocycles. The largest absolute Gasteiger partial charge is 0.506 e. The lowest BCUT2D eigenvalue weighted by Crippen LogP contribution is -2.20. The maximum Gasteiger partial charge on any atom is 0.274 e. The van der Waals surface area contributed by atoms with Crippen LogP contribution in [-0.4, -0.2) is 27.2 Å². The average Bonchev–Trinajstić information content (AvgIpc) is 2.42. The first-order valence-corrected chi connectivity index (χ1v) is 7.59. The van der Waals surface area contributed by atoms with Crippen LogP contribution in [0.2, 0.25) is 0 Å². The molecule has 7 heteroatoms. The number of nitrogens with one attached hydrogen (secondary N) is 2. The maximum atomic E-state index is 12.1. The number of carbonyl (C=O) groups excluding carboxylic acids is 1. The fraction of sp³-hybridized carbons (Fsp3) is 0.214. The zero-order valence-electron chi connectivity index (χ0n) is 11.6. The van der Waals surface area contributed by atoms with Crippen molar-refractivity contribution in [1.82, 2.24) is 9.97 Å². The van der Waals surface area contributed by atoms with Gasteiger partial charge in [0.25, 0.3) is 11.5 Å². The highest BCUT2D eigenvalue weighted by Crippen LogP contribution is 2.24. The van der Waals surface area contributed by atoms with E-state index in [1.807, 2.05) is 13.2 Å². The van der Waals surface area contributed by atoms with Crippen LogP contribution >= 0.6 is 11.8 Å². The van der Waals surface area contributed by atoms with Crippen molar-refractivity contribution in [3.63, 3.8) is 0 Å². The minimum Gasteiger partial charge on any atom is -0.506 e. The van der Waals surface area contributed by atoms with Gasteiger partial charge in [0.1, 0.15) is 17.3 Å². The lowest BCUT2D eigenvalue weighted by atomic mass is 10.2. The number of nitrogens with zero attached hydrogens (tertiary/aromatic N) is 1. The smallest absolute Gasteiger partial charge is 0.274 e. The summed E-state index contributed by atoms with van der Waals surface area (Å²) < 4.78 is 0. The third kappa shape index (κ3) is 3.85. The number of aromatic nitrogens is 2. The Balaban J connectivity index is 2.28. The number of aromatic amines is 1. The highest BCUT2D eigenvalue weighted by molar-refractivity contribution is 7.97. The fourth-order valence-electron chi connectivity index (χ4n) is 1.77. The first-order chi connectivity index (χ1) is 9.99. The predicted molar refractivity (Wildman–Crippen MR) is 82.9 cm³/mol. The van der Waals surface area contributed by atoms with E-state index in [0.717, 1.165) is 11.6 Å².